The van der Waals surface area contributed by atoms with Crippen molar-refractivity contribution in [2.45, 2.75) is 12.2 Å². The first-order valence-corrected chi connectivity index (χ1v) is 5.33. The highest BCUT2D eigenvalue weighted by atomic mass is 16.3. The molecule has 1 aliphatic rings. The quantitative estimate of drug-likeness (QED) is 0.703. The van der Waals surface area contributed by atoms with Crippen molar-refractivity contribution >= 4 is 16.8 Å². The minimum atomic E-state index is -0.828. The van der Waals surface area contributed by atoms with E-state index in [4.69, 9.17) is 0 Å². The molecule has 2 aromatic rings. The molecule has 0 spiro atoms. The molecule has 1 aliphatic carbocycles. The molecule has 0 aliphatic heterocycles. The van der Waals surface area contributed by atoms with Crippen LogP contribution >= 0.6 is 0 Å². The van der Waals surface area contributed by atoms with E-state index in [0.29, 0.717) is 0 Å². The van der Waals surface area contributed by atoms with Crippen LogP contribution in [0.25, 0.3) is 16.8 Å². The Balaban J connectivity index is 2.37. The van der Waals surface area contributed by atoms with E-state index >= 15 is 0 Å². The Hall–Kier alpha value is -1.64. The second-order valence-electron chi connectivity index (χ2n) is 4.08. The maximum atomic E-state index is 10.0. The van der Waals surface area contributed by atoms with Gasteiger partial charge >= 0.3 is 0 Å². The molecule has 0 heterocycles. The maximum Gasteiger partial charge on any atom is 0.110 e. The lowest BCUT2D eigenvalue weighted by atomic mass is 9.88. The molecule has 2 atom stereocenters. The predicted octanol–water partition coefficient (Wildman–Crippen LogP) is 2.26. The van der Waals surface area contributed by atoms with Crippen LogP contribution in [0.3, 0.4) is 0 Å². The van der Waals surface area contributed by atoms with Gasteiger partial charge in [-0.05, 0) is 21.9 Å². The van der Waals surface area contributed by atoms with Crippen molar-refractivity contribution in [3.8, 4) is 0 Å². The fourth-order valence-corrected chi connectivity index (χ4v) is 2.27. The molecule has 0 saturated heterocycles. The Bertz CT molecular complexity index is 572. The first kappa shape index (κ1) is 9.58. The van der Waals surface area contributed by atoms with Gasteiger partial charge in [0, 0.05) is 0 Å². The second-order valence-corrected chi connectivity index (χ2v) is 4.08. The zero-order chi connectivity index (χ0) is 11.1. The van der Waals surface area contributed by atoms with Gasteiger partial charge in [0.15, 0.2) is 0 Å². The zero-order valence-corrected chi connectivity index (χ0v) is 8.67. The summed E-state index contributed by atoms with van der Waals surface area (Å²) in [5.41, 5.74) is 1.81. The van der Waals surface area contributed by atoms with Gasteiger partial charge < -0.3 is 10.2 Å². The summed E-state index contributed by atoms with van der Waals surface area (Å²) in [5.74, 6) is 0. The summed E-state index contributed by atoms with van der Waals surface area (Å²) in [7, 11) is 0. The molecule has 16 heavy (non-hydrogen) atoms. The van der Waals surface area contributed by atoms with Gasteiger partial charge in [-0.2, -0.15) is 0 Å². The van der Waals surface area contributed by atoms with E-state index in [1.807, 2.05) is 42.5 Å². The summed E-state index contributed by atoms with van der Waals surface area (Å²) in [4.78, 5) is 0. The summed E-state index contributed by atoms with van der Waals surface area (Å²) in [5, 5.41) is 21.8. The number of hydrogen-bond donors (Lipinski definition) is 2. The van der Waals surface area contributed by atoms with Crippen molar-refractivity contribution < 1.29 is 10.2 Å². The minimum Gasteiger partial charge on any atom is -0.386 e. The average molecular weight is 212 g/mol. The molecule has 0 unspecified atom stereocenters. The highest BCUT2D eigenvalue weighted by Gasteiger charge is 2.23. The second kappa shape index (κ2) is 3.44. The van der Waals surface area contributed by atoms with Crippen molar-refractivity contribution in [1.29, 1.82) is 0 Å². The highest BCUT2D eigenvalue weighted by molar-refractivity contribution is 5.89. The lowest BCUT2D eigenvalue weighted by Crippen LogP contribution is -2.19. The zero-order valence-electron chi connectivity index (χ0n) is 8.67. The van der Waals surface area contributed by atoms with E-state index < -0.39 is 12.2 Å². The predicted molar refractivity (Wildman–Crippen MR) is 63.9 cm³/mol. The summed E-state index contributed by atoms with van der Waals surface area (Å²) >= 11 is 0. The number of hydrogen-bond acceptors (Lipinski definition) is 2. The molecule has 0 saturated carbocycles. The number of benzene rings is 2. The smallest absolute Gasteiger partial charge is 0.110 e. The summed E-state index contributed by atoms with van der Waals surface area (Å²) < 4.78 is 0. The third kappa shape index (κ3) is 1.28. The van der Waals surface area contributed by atoms with Crippen LogP contribution in [0, 0.1) is 0 Å². The Kier molecular flexibility index (Phi) is 2.06. The van der Waals surface area contributed by atoms with Crippen molar-refractivity contribution in [2.24, 2.45) is 0 Å². The van der Waals surface area contributed by atoms with E-state index in [1.54, 1.807) is 6.08 Å². The number of fused-ring (bicyclic) bond motifs is 3. The molecular formula is C14H12O2. The molecule has 80 valence electrons. The fraction of sp³-hybridized carbons (Fsp3) is 0.143. The van der Waals surface area contributed by atoms with Gasteiger partial charge in [0.2, 0.25) is 0 Å². The molecule has 3 rings (SSSR count). The van der Waals surface area contributed by atoms with Gasteiger partial charge in [0.05, 0.1) is 0 Å². The standard InChI is InChI=1S/C14H12O2/c15-12-8-7-10-6-5-9-3-1-2-4-11(9)13(10)14(12)16/h1-8,12,14-16H/t12-,14-/m0/s1. The molecule has 0 bridgehead atoms. The van der Waals surface area contributed by atoms with Crippen LogP contribution in [-0.2, 0) is 0 Å². The SMILES string of the molecule is O[C@@H]1c2c(ccc3ccccc23)C=C[C@@H]1O. The van der Waals surface area contributed by atoms with Crippen LogP contribution < -0.4 is 0 Å². The van der Waals surface area contributed by atoms with E-state index in [-0.39, 0.29) is 0 Å². The van der Waals surface area contributed by atoms with Crippen LogP contribution in [0.4, 0.5) is 0 Å². The van der Waals surface area contributed by atoms with Crippen molar-refractivity contribution in [1.82, 2.24) is 0 Å². The molecule has 2 aromatic carbocycles. The average Bonchev–Trinajstić information content (AvgIpc) is 2.33. The molecule has 0 radical (unpaired) electrons. The Morgan fingerprint density at radius 1 is 0.938 bits per heavy atom. The van der Waals surface area contributed by atoms with Gasteiger partial charge in [-0.15, -0.1) is 0 Å². The van der Waals surface area contributed by atoms with E-state index in [9.17, 15) is 10.2 Å². The molecule has 2 N–H and O–H groups in total. The van der Waals surface area contributed by atoms with E-state index in [2.05, 4.69) is 0 Å². The fourth-order valence-electron chi connectivity index (χ4n) is 2.27. The molecule has 0 amide bonds. The van der Waals surface area contributed by atoms with Gasteiger partial charge in [-0.1, -0.05) is 48.6 Å². The Morgan fingerprint density at radius 2 is 1.75 bits per heavy atom. The Labute approximate surface area is 93.5 Å². The lowest BCUT2D eigenvalue weighted by Gasteiger charge is -2.23. The first-order valence-electron chi connectivity index (χ1n) is 5.33. The molecule has 2 heteroatoms. The van der Waals surface area contributed by atoms with Crippen LogP contribution in [0.15, 0.2) is 42.5 Å². The monoisotopic (exact) mass is 212 g/mol. The van der Waals surface area contributed by atoms with Gasteiger partial charge in [0.25, 0.3) is 0 Å². The largest absolute Gasteiger partial charge is 0.386 e. The highest BCUT2D eigenvalue weighted by Crippen LogP contribution is 2.34. The van der Waals surface area contributed by atoms with Crippen LogP contribution in [0.5, 0.6) is 0 Å². The minimum absolute atomic E-state index is 0.807. The summed E-state index contributed by atoms with van der Waals surface area (Å²) in [6, 6.07) is 11.9. The Morgan fingerprint density at radius 3 is 2.62 bits per heavy atom. The van der Waals surface area contributed by atoms with Crippen molar-refractivity contribution in [2.75, 3.05) is 0 Å². The topological polar surface area (TPSA) is 40.5 Å². The third-order valence-corrected chi connectivity index (χ3v) is 3.10. The number of aliphatic hydroxyl groups excluding tert-OH is 2. The van der Waals surface area contributed by atoms with Gasteiger partial charge in [0.1, 0.15) is 12.2 Å². The van der Waals surface area contributed by atoms with Gasteiger partial charge in [-0.3, -0.25) is 0 Å². The molecular weight excluding hydrogens is 200 g/mol. The molecule has 2 nitrogen and oxygen atoms in total. The first-order chi connectivity index (χ1) is 7.77. The van der Waals surface area contributed by atoms with E-state index in [1.165, 1.54) is 0 Å². The van der Waals surface area contributed by atoms with E-state index in [0.717, 1.165) is 21.9 Å². The van der Waals surface area contributed by atoms with Crippen LogP contribution in [0.2, 0.25) is 0 Å². The molecule has 0 aromatic heterocycles. The lowest BCUT2D eigenvalue weighted by molar-refractivity contribution is 0.0480. The van der Waals surface area contributed by atoms with Crippen LogP contribution in [0.1, 0.15) is 17.2 Å². The van der Waals surface area contributed by atoms with Crippen molar-refractivity contribution in [3.05, 3.63) is 53.6 Å². The van der Waals surface area contributed by atoms with Gasteiger partial charge in [-0.25, -0.2) is 0 Å². The van der Waals surface area contributed by atoms with Crippen molar-refractivity contribution in [3.63, 3.8) is 0 Å². The normalized spacial score (nSPS) is 23.4. The van der Waals surface area contributed by atoms with Crippen LogP contribution in [-0.4, -0.2) is 16.3 Å². The third-order valence-electron chi connectivity index (χ3n) is 3.10. The summed E-state index contributed by atoms with van der Waals surface area (Å²) in [6.45, 7) is 0. The maximum absolute atomic E-state index is 10.0. The summed E-state index contributed by atoms with van der Waals surface area (Å²) in [6.07, 6.45) is 1.85. The molecule has 0 fully saturated rings. The number of aliphatic hydroxyl groups is 2. The number of rotatable bonds is 0.